The summed E-state index contributed by atoms with van der Waals surface area (Å²) in [5.74, 6) is -0.406. The molecule has 0 aromatic heterocycles. The first-order chi connectivity index (χ1) is 11.9. The molecule has 0 heterocycles. The number of esters is 1. The number of hydrogen-bond donors (Lipinski definition) is 2. The van der Waals surface area contributed by atoms with E-state index in [-0.39, 0.29) is 18.7 Å². The third-order valence-electron chi connectivity index (χ3n) is 3.32. The summed E-state index contributed by atoms with van der Waals surface area (Å²) < 4.78 is 5.27. The minimum Gasteiger partial charge on any atom is -0.457 e. The summed E-state index contributed by atoms with van der Waals surface area (Å²) in [6.45, 7) is 4.33. The molecule has 0 spiro atoms. The van der Waals surface area contributed by atoms with E-state index in [2.05, 4.69) is 10.6 Å². The second-order valence-corrected chi connectivity index (χ2v) is 6.32. The van der Waals surface area contributed by atoms with Crippen LogP contribution in [0.25, 0.3) is 0 Å². The van der Waals surface area contributed by atoms with Gasteiger partial charge in [0.25, 0.3) is 0 Å². The topological polar surface area (TPSA) is 67.4 Å². The maximum absolute atomic E-state index is 12.1. The van der Waals surface area contributed by atoms with Crippen LogP contribution in [0.2, 0.25) is 5.02 Å². The number of rotatable bonds is 6. The van der Waals surface area contributed by atoms with Crippen LogP contribution < -0.4 is 10.6 Å². The highest BCUT2D eigenvalue weighted by Crippen LogP contribution is 2.13. The first-order valence-electron chi connectivity index (χ1n) is 7.99. The summed E-state index contributed by atoms with van der Waals surface area (Å²) in [6, 6.07) is 14.0. The maximum atomic E-state index is 12.1. The average Bonchev–Trinajstić information content (AvgIpc) is 2.58. The summed E-state index contributed by atoms with van der Waals surface area (Å²) >= 11 is 5.90. The van der Waals surface area contributed by atoms with E-state index in [0.717, 1.165) is 11.1 Å². The number of urea groups is 1. The Labute approximate surface area is 152 Å². The first-order valence-corrected chi connectivity index (χ1v) is 8.36. The van der Waals surface area contributed by atoms with E-state index in [0.29, 0.717) is 17.1 Å². The van der Waals surface area contributed by atoms with Gasteiger partial charge in [-0.05, 0) is 49.2 Å². The van der Waals surface area contributed by atoms with Crippen LogP contribution in [0.1, 0.15) is 35.3 Å². The van der Waals surface area contributed by atoms with Crippen molar-refractivity contribution in [1.29, 1.82) is 0 Å². The van der Waals surface area contributed by atoms with Crippen LogP contribution in [0.15, 0.2) is 48.5 Å². The molecule has 25 heavy (non-hydrogen) atoms. The van der Waals surface area contributed by atoms with Crippen molar-refractivity contribution < 1.29 is 14.3 Å². The van der Waals surface area contributed by atoms with Gasteiger partial charge in [0.1, 0.15) is 6.61 Å². The van der Waals surface area contributed by atoms with Crippen LogP contribution >= 0.6 is 11.6 Å². The average molecular weight is 361 g/mol. The third-order valence-corrected chi connectivity index (χ3v) is 3.56. The maximum Gasteiger partial charge on any atom is 0.338 e. The van der Waals surface area contributed by atoms with Crippen LogP contribution in [0.5, 0.6) is 0 Å². The lowest BCUT2D eigenvalue weighted by atomic mass is 10.1. The van der Waals surface area contributed by atoms with Gasteiger partial charge in [-0.25, -0.2) is 9.59 Å². The monoisotopic (exact) mass is 360 g/mol. The van der Waals surface area contributed by atoms with E-state index in [9.17, 15) is 9.59 Å². The van der Waals surface area contributed by atoms with E-state index in [4.69, 9.17) is 16.3 Å². The minimum absolute atomic E-state index is 0.0802. The first kappa shape index (κ1) is 18.8. The van der Waals surface area contributed by atoms with Gasteiger partial charge < -0.3 is 15.4 Å². The zero-order valence-corrected chi connectivity index (χ0v) is 15.0. The minimum atomic E-state index is -0.406. The Bertz CT molecular complexity index is 730. The molecule has 0 unspecified atom stereocenters. The number of halogens is 1. The van der Waals surface area contributed by atoms with Crippen molar-refractivity contribution in [2.45, 2.75) is 33.0 Å². The number of hydrogen-bond acceptors (Lipinski definition) is 3. The number of carbonyl (C=O) groups excluding carboxylic acids is 2. The molecule has 2 amide bonds. The van der Waals surface area contributed by atoms with Crippen molar-refractivity contribution in [2.24, 2.45) is 0 Å². The fourth-order valence-electron chi connectivity index (χ4n) is 2.11. The van der Waals surface area contributed by atoms with Crippen LogP contribution in [-0.4, -0.2) is 18.0 Å². The molecule has 0 saturated carbocycles. The van der Waals surface area contributed by atoms with Gasteiger partial charge in [0.05, 0.1) is 5.56 Å². The van der Waals surface area contributed by atoms with E-state index < -0.39 is 5.97 Å². The highest BCUT2D eigenvalue weighted by atomic mass is 35.5. The van der Waals surface area contributed by atoms with E-state index in [1.807, 2.05) is 26.0 Å². The van der Waals surface area contributed by atoms with Crippen LogP contribution in [-0.2, 0) is 17.9 Å². The molecular formula is C19H21ClN2O3. The van der Waals surface area contributed by atoms with Gasteiger partial charge >= 0.3 is 12.0 Å². The molecule has 0 aliphatic rings. The zero-order valence-electron chi connectivity index (χ0n) is 14.2. The molecule has 5 nitrogen and oxygen atoms in total. The molecule has 2 rings (SSSR count). The molecule has 0 bridgehead atoms. The predicted molar refractivity (Wildman–Crippen MR) is 97.5 cm³/mol. The fraction of sp³-hybridized carbons (Fsp3) is 0.263. The van der Waals surface area contributed by atoms with Gasteiger partial charge in [-0.15, -0.1) is 0 Å². The number of benzene rings is 2. The van der Waals surface area contributed by atoms with Gasteiger partial charge in [0, 0.05) is 17.6 Å². The van der Waals surface area contributed by atoms with E-state index in [1.165, 1.54) is 0 Å². The van der Waals surface area contributed by atoms with Crippen molar-refractivity contribution in [3.63, 3.8) is 0 Å². The van der Waals surface area contributed by atoms with Gasteiger partial charge in [0.2, 0.25) is 0 Å². The van der Waals surface area contributed by atoms with Gasteiger partial charge in [-0.1, -0.05) is 35.9 Å². The summed E-state index contributed by atoms with van der Waals surface area (Å²) in [6.07, 6.45) is 0. The smallest absolute Gasteiger partial charge is 0.338 e. The molecule has 6 heteroatoms. The molecule has 0 aliphatic heterocycles. The van der Waals surface area contributed by atoms with Gasteiger partial charge in [-0.3, -0.25) is 0 Å². The third kappa shape index (κ3) is 6.47. The van der Waals surface area contributed by atoms with Crippen molar-refractivity contribution >= 4 is 23.6 Å². The van der Waals surface area contributed by atoms with Crippen LogP contribution in [0.3, 0.4) is 0 Å². The molecule has 0 radical (unpaired) electrons. The molecule has 0 fully saturated rings. The molecule has 2 N–H and O–H groups in total. The van der Waals surface area contributed by atoms with Crippen molar-refractivity contribution in [3.8, 4) is 0 Å². The fourth-order valence-corrected chi connectivity index (χ4v) is 2.33. The van der Waals surface area contributed by atoms with Crippen LogP contribution in [0.4, 0.5) is 4.79 Å². The predicted octanol–water partition coefficient (Wildman–Crippen LogP) is 3.90. The quantitative estimate of drug-likeness (QED) is 0.767. The number of nitrogens with one attached hydrogen (secondary N) is 2. The Morgan fingerprint density at radius 1 is 1.08 bits per heavy atom. The molecule has 132 valence electrons. The highest BCUT2D eigenvalue weighted by molar-refractivity contribution is 6.30. The largest absolute Gasteiger partial charge is 0.457 e. The summed E-state index contributed by atoms with van der Waals surface area (Å²) in [7, 11) is 0. The molecule has 2 aromatic rings. The van der Waals surface area contributed by atoms with E-state index >= 15 is 0 Å². The number of amides is 2. The second kappa shape index (κ2) is 9.08. The van der Waals surface area contributed by atoms with E-state index in [1.54, 1.807) is 36.4 Å². The molecule has 0 saturated heterocycles. The van der Waals surface area contributed by atoms with Gasteiger partial charge in [0.15, 0.2) is 0 Å². The second-order valence-electron chi connectivity index (χ2n) is 5.88. The molecule has 2 aromatic carbocycles. The SMILES string of the molecule is CC(C)NC(=O)NCc1ccc(C(=O)OCc2cccc(Cl)c2)cc1. The Morgan fingerprint density at radius 2 is 1.80 bits per heavy atom. The zero-order chi connectivity index (χ0) is 18.2. The van der Waals surface area contributed by atoms with Crippen molar-refractivity contribution in [2.75, 3.05) is 0 Å². The molecule has 0 atom stereocenters. The Hall–Kier alpha value is -2.53. The molecular weight excluding hydrogens is 340 g/mol. The normalized spacial score (nSPS) is 10.4. The number of ether oxygens (including phenoxy) is 1. The van der Waals surface area contributed by atoms with Crippen LogP contribution in [0, 0.1) is 0 Å². The van der Waals surface area contributed by atoms with Crippen molar-refractivity contribution in [3.05, 3.63) is 70.2 Å². The highest BCUT2D eigenvalue weighted by Gasteiger charge is 2.08. The Balaban J connectivity index is 1.84. The lowest BCUT2D eigenvalue weighted by Gasteiger charge is -2.10. The lowest BCUT2D eigenvalue weighted by molar-refractivity contribution is 0.0472. The summed E-state index contributed by atoms with van der Waals surface area (Å²) in [4.78, 5) is 23.6. The standard InChI is InChI=1S/C19H21ClN2O3/c1-13(2)22-19(24)21-11-14-6-8-16(9-7-14)18(23)25-12-15-4-3-5-17(20)10-15/h3-10,13H,11-12H2,1-2H3,(H2,21,22,24). The van der Waals surface area contributed by atoms with Crippen molar-refractivity contribution in [1.82, 2.24) is 10.6 Å². The Kier molecular flexibility index (Phi) is 6.83. The molecule has 0 aliphatic carbocycles. The summed E-state index contributed by atoms with van der Waals surface area (Å²) in [5.41, 5.74) is 2.18. The van der Waals surface area contributed by atoms with Gasteiger partial charge in [-0.2, -0.15) is 0 Å². The summed E-state index contributed by atoms with van der Waals surface area (Å²) in [5, 5.41) is 6.10. The number of carbonyl (C=O) groups is 2. The lowest BCUT2D eigenvalue weighted by Crippen LogP contribution is -2.39. The Morgan fingerprint density at radius 3 is 2.44 bits per heavy atom.